The molecule has 40 heavy (non-hydrogen) atoms. The number of esters is 2. The number of nitrogens with zero attached hydrogens (tertiary/aromatic N) is 4. The first-order chi connectivity index (χ1) is 19.1. The van der Waals surface area contributed by atoms with Gasteiger partial charge >= 0.3 is 11.9 Å². The lowest BCUT2D eigenvalue weighted by Gasteiger charge is -2.28. The van der Waals surface area contributed by atoms with Crippen LogP contribution >= 0.6 is 11.3 Å². The summed E-state index contributed by atoms with van der Waals surface area (Å²) in [5.41, 5.74) is 0.170. The minimum absolute atomic E-state index is 0.0646. The molecule has 4 atom stereocenters. The summed E-state index contributed by atoms with van der Waals surface area (Å²) in [5.74, 6) is -0.464. The zero-order valence-electron chi connectivity index (χ0n) is 23.8. The number of carbonyl (C=O) groups is 4. The summed E-state index contributed by atoms with van der Waals surface area (Å²) in [6, 6.07) is 1.05. The average molecular weight is 574 g/mol. The Morgan fingerprint density at radius 1 is 1.15 bits per heavy atom. The van der Waals surface area contributed by atoms with Gasteiger partial charge in [-0.25, -0.2) is 15.0 Å². The van der Waals surface area contributed by atoms with Crippen molar-refractivity contribution in [2.45, 2.75) is 83.9 Å². The molecule has 1 aliphatic carbocycles. The molecule has 1 N–H and O–H groups in total. The molecule has 2 heterocycles. The van der Waals surface area contributed by atoms with Gasteiger partial charge < -0.3 is 19.7 Å². The second kappa shape index (κ2) is 14.8. The number of rotatable bonds is 15. The molecule has 218 valence electrons. The van der Waals surface area contributed by atoms with E-state index >= 15 is 0 Å². The second-order valence-corrected chi connectivity index (χ2v) is 11.3. The van der Waals surface area contributed by atoms with Crippen molar-refractivity contribution in [3.8, 4) is 0 Å². The largest absolute Gasteiger partial charge is 0.469 e. The lowest BCUT2D eigenvalue weighted by atomic mass is 9.99. The van der Waals surface area contributed by atoms with Gasteiger partial charge in [-0.3, -0.25) is 19.2 Å². The Kier molecular flexibility index (Phi) is 11.5. The average Bonchev–Trinajstić information content (AvgIpc) is 3.63. The zero-order valence-corrected chi connectivity index (χ0v) is 24.6. The highest BCUT2D eigenvalue weighted by Gasteiger charge is 2.29. The molecule has 2 aromatic rings. The highest BCUT2D eigenvalue weighted by Crippen LogP contribution is 2.34. The Morgan fingerprint density at radius 2 is 1.85 bits per heavy atom. The number of hydrogen-bond donors (Lipinski definition) is 1. The number of methoxy groups -OCH3 is 1. The zero-order chi connectivity index (χ0) is 29.2. The number of nitrogens with one attached hydrogen (secondary N) is 1. The summed E-state index contributed by atoms with van der Waals surface area (Å²) in [4.78, 5) is 64.4. The van der Waals surface area contributed by atoms with E-state index in [0.29, 0.717) is 42.4 Å². The Bertz CT molecular complexity index is 1160. The van der Waals surface area contributed by atoms with E-state index < -0.39 is 29.9 Å². The van der Waals surface area contributed by atoms with Gasteiger partial charge in [-0.15, -0.1) is 11.3 Å². The third-order valence-corrected chi connectivity index (χ3v) is 7.97. The van der Waals surface area contributed by atoms with E-state index in [1.807, 2.05) is 6.92 Å². The maximum Gasteiger partial charge on any atom is 0.308 e. The van der Waals surface area contributed by atoms with Crippen molar-refractivity contribution in [2.75, 3.05) is 14.2 Å². The number of aromatic nitrogens is 3. The van der Waals surface area contributed by atoms with Crippen molar-refractivity contribution < 1.29 is 28.7 Å². The van der Waals surface area contributed by atoms with Crippen molar-refractivity contribution in [2.24, 2.45) is 11.8 Å². The van der Waals surface area contributed by atoms with Gasteiger partial charge in [-0.05, 0) is 31.7 Å². The van der Waals surface area contributed by atoms with Crippen LogP contribution in [-0.4, -0.2) is 69.8 Å². The van der Waals surface area contributed by atoms with Gasteiger partial charge in [0.05, 0.1) is 13.0 Å². The minimum Gasteiger partial charge on any atom is -0.469 e. The van der Waals surface area contributed by atoms with Crippen molar-refractivity contribution >= 4 is 35.1 Å². The van der Waals surface area contributed by atoms with Gasteiger partial charge in [0.15, 0.2) is 6.10 Å². The molecule has 12 heteroatoms. The van der Waals surface area contributed by atoms with Gasteiger partial charge in [-0.1, -0.05) is 19.8 Å². The van der Waals surface area contributed by atoms with Crippen LogP contribution in [0.2, 0.25) is 0 Å². The third-order valence-electron chi connectivity index (χ3n) is 7.04. The van der Waals surface area contributed by atoms with Gasteiger partial charge in [-0.2, -0.15) is 0 Å². The summed E-state index contributed by atoms with van der Waals surface area (Å²) in [6.07, 6.45) is 7.34. The molecule has 1 saturated carbocycles. The third kappa shape index (κ3) is 9.65. The van der Waals surface area contributed by atoms with E-state index in [2.05, 4.69) is 20.3 Å². The van der Waals surface area contributed by atoms with Crippen LogP contribution in [0.25, 0.3) is 0 Å². The normalized spacial score (nSPS) is 15.8. The van der Waals surface area contributed by atoms with E-state index in [9.17, 15) is 19.2 Å². The van der Waals surface area contributed by atoms with E-state index in [-0.39, 0.29) is 23.6 Å². The van der Waals surface area contributed by atoms with Crippen molar-refractivity contribution in [1.29, 1.82) is 0 Å². The summed E-state index contributed by atoms with van der Waals surface area (Å²) < 4.78 is 10.4. The van der Waals surface area contributed by atoms with Crippen LogP contribution in [0, 0.1) is 11.8 Å². The molecule has 11 nitrogen and oxygen atoms in total. The quantitative estimate of drug-likeness (QED) is 0.317. The fourth-order valence-corrected chi connectivity index (χ4v) is 5.24. The van der Waals surface area contributed by atoms with Gasteiger partial charge in [0.2, 0.25) is 5.91 Å². The Hall–Kier alpha value is -3.41. The molecule has 2 aromatic heterocycles. The minimum atomic E-state index is -0.703. The van der Waals surface area contributed by atoms with Gasteiger partial charge in [0.25, 0.3) is 5.91 Å². The highest BCUT2D eigenvalue weighted by molar-refractivity contribution is 7.09. The van der Waals surface area contributed by atoms with E-state index in [1.54, 1.807) is 42.7 Å². The Morgan fingerprint density at radius 3 is 2.48 bits per heavy atom. The highest BCUT2D eigenvalue weighted by atomic mass is 32.1. The SMILES string of the molecule is COC(=O)[C@@H](C)C[C@H](Cc1ncccn1)NC(=O)c1csc([C@@H](C[C@H](C)N(C)C(=O)CCC2CC2)OC(C)=O)n1. The number of amides is 2. The van der Waals surface area contributed by atoms with E-state index in [0.717, 1.165) is 6.42 Å². The molecule has 0 saturated heterocycles. The van der Waals surface area contributed by atoms with Crippen LogP contribution in [0.5, 0.6) is 0 Å². The number of carbonyl (C=O) groups excluding carboxylic acids is 4. The predicted octanol–water partition coefficient (Wildman–Crippen LogP) is 3.50. The number of hydrogen-bond acceptors (Lipinski definition) is 10. The molecule has 1 aliphatic rings. The Balaban J connectivity index is 1.68. The van der Waals surface area contributed by atoms with Gasteiger partial charge in [0.1, 0.15) is 16.5 Å². The summed E-state index contributed by atoms with van der Waals surface area (Å²) >= 11 is 1.21. The molecular weight excluding hydrogens is 534 g/mol. The molecule has 2 amide bonds. The van der Waals surface area contributed by atoms with E-state index in [1.165, 1.54) is 38.2 Å². The lowest BCUT2D eigenvalue weighted by Crippen LogP contribution is -2.39. The summed E-state index contributed by atoms with van der Waals surface area (Å²) in [5, 5.41) is 5.02. The lowest BCUT2D eigenvalue weighted by molar-refractivity contribution is -0.148. The Labute approximate surface area is 239 Å². The molecule has 0 aromatic carbocycles. The predicted molar refractivity (Wildman–Crippen MR) is 148 cm³/mol. The van der Waals surface area contributed by atoms with Crippen LogP contribution in [-0.2, 0) is 30.3 Å². The number of ether oxygens (including phenoxy) is 2. The van der Waals surface area contributed by atoms with Crippen LogP contribution in [0.4, 0.5) is 0 Å². The smallest absolute Gasteiger partial charge is 0.308 e. The summed E-state index contributed by atoms with van der Waals surface area (Å²) in [6.45, 7) is 4.96. The fourth-order valence-electron chi connectivity index (χ4n) is 4.40. The maximum atomic E-state index is 13.2. The molecule has 1 fully saturated rings. The second-order valence-electron chi connectivity index (χ2n) is 10.4. The standard InChI is InChI=1S/C28H39N5O6S/c1-17(28(37)38-5)13-21(15-24-29-11-6-12-30-24)31-26(36)22-16-40-27(32-22)23(39-19(3)34)14-18(2)33(4)25(35)10-9-20-7-8-20/h6,11-12,16-18,20-21,23H,7-10,13-15H2,1-5H3,(H,31,36)/t17-,18-,21+,23+/m0/s1. The molecule has 0 aliphatic heterocycles. The molecule has 0 spiro atoms. The summed E-state index contributed by atoms with van der Waals surface area (Å²) in [7, 11) is 3.09. The van der Waals surface area contributed by atoms with Crippen LogP contribution in [0.3, 0.4) is 0 Å². The number of thiazole rings is 1. The fraction of sp³-hybridized carbons (Fsp3) is 0.607. The first-order valence-electron chi connectivity index (χ1n) is 13.6. The van der Waals surface area contributed by atoms with Crippen molar-refractivity contribution in [3.05, 3.63) is 40.4 Å². The van der Waals surface area contributed by atoms with Crippen LogP contribution < -0.4 is 5.32 Å². The first-order valence-corrected chi connectivity index (χ1v) is 14.5. The van der Waals surface area contributed by atoms with Crippen LogP contribution in [0.1, 0.15) is 86.7 Å². The van der Waals surface area contributed by atoms with Crippen LogP contribution in [0.15, 0.2) is 23.8 Å². The first kappa shape index (κ1) is 31.1. The monoisotopic (exact) mass is 573 g/mol. The van der Waals surface area contributed by atoms with Gasteiger partial charge in [0, 0.05) is 63.1 Å². The molecule has 0 bridgehead atoms. The van der Waals surface area contributed by atoms with Crippen molar-refractivity contribution in [3.63, 3.8) is 0 Å². The van der Waals surface area contributed by atoms with Crippen molar-refractivity contribution in [1.82, 2.24) is 25.2 Å². The maximum absolute atomic E-state index is 13.2. The molecular formula is C28H39N5O6S. The molecule has 3 rings (SSSR count). The molecule has 0 radical (unpaired) electrons. The van der Waals surface area contributed by atoms with E-state index in [4.69, 9.17) is 9.47 Å². The topological polar surface area (TPSA) is 141 Å². The molecule has 0 unspecified atom stereocenters.